The zero-order chi connectivity index (χ0) is 31.4. The van der Waals surface area contributed by atoms with Crippen molar-refractivity contribution in [2.45, 2.75) is 82.8 Å². The van der Waals surface area contributed by atoms with Crippen molar-refractivity contribution in [1.29, 1.82) is 0 Å². The second-order valence-electron chi connectivity index (χ2n) is 14.0. The van der Waals surface area contributed by atoms with Crippen LogP contribution < -0.4 is 4.74 Å². The molecule has 0 bridgehead atoms. The van der Waals surface area contributed by atoms with Crippen LogP contribution in [0.1, 0.15) is 75.8 Å². The predicted octanol–water partition coefficient (Wildman–Crippen LogP) is 6.75. The smallest absolute Gasteiger partial charge is 0.311 e. The zero-order valence-corrected chi connectivity index (χ0v) is 26.1. The van der Waals surface area contributed by atoms with E-state index in [1.165, 1.54) is 17.7 Å². The molecule has 1 unspecified atom stereocenters. The molecule has 7 nitrogen and oxygen atoms in total. The van der Waals surface area contributed by atoms with Gasteiger partial charge in [-0.05, 0) is 86.8 Å². The molecule has 1 atom stereocenters. The van der Waals surface area contributed by atoms with Gasteiger partial charge in [0.15, 0.2) is 5.60 Å². The standard InChI is InChI=1S/C35H42F3N3O4/c1-3-43-32(42)33(2)11-13-41(14-12-33)30-19-34(45-39-30)21-40(22-34)20-23-16-28(24-4-5-24)31(25-6-8-27(36)9-7-25)29(17-23)44-15-10-26-18-35(26,37)38/h6-9,16-17,24,26H,3-5,10-15,18-22H2,1-2H3. The molecule has 3 aliphatic heterocycles. The maximum atomic E-state index is 13.8. The number of amidine groups is 1. The minimum Gasteiger partial charge on any atom is -0.493 e. The van der Waals surface area contributed by atoms with Gasteiger partial charge in [-0.15, -0.1) is 0 Å². The maximum absolute atomic E-state index is 13.8. The first-order chi connectivity index (χ1) is 21.6. The first-order valence-electron chi connectivity index (χ1n) is 16.4. The number of nitrogens with zero attached hydrogens (tertiary/aromatic N) is 3. The van der Waals surface area contributed by atoms with Crippen LogP contribution >= 0.6 is 0 Å². The lowest BCUT2D eigenvalue weighted by Crippen LogP contribution is -2.61. The first-order valence-corrected chi connectivity index (χ1v) is 16.4. The van der Waals surface area contributed by atoms with E-state index in [9.17, 15) is 18.0 Å². The number of benzene rings is 2. The minimum absolute atomic E-state index is 0.0660. The fraction of sp³-hybridized carbons (Fsp3) is 0.600. The molecule has 10 heteroatoms. The molecule has 3 heterocycles. The van der Waals surface area contributed by atoms with E-state index in [-0.39, 0.29) is 30.4 Å². The number of esters is 1. The zero-order valence-electron chi connectivity index (χ0n) is 26.1. The van der Waals surface area contributed by atoms with Gasteiger partial charge in [-0.2, -0.15) is 0 Å². The summed E-state index contributed by atoms with van der Waals surface area (Å²) in [5.74, 6) is -1.55. The van der Waals surface area contributed by atoms with Crippen LogP contribution in [0, 0.1) is 17.2 Å². The molecule has 7 rings (SSSR count). The second kappa shape index (κ2) is 11.5. The van der Waals surface area contributed by atoms with Gasteiger partial charge in [-0.25, -0.2) is 13.2 Å². The number of oxime groups is 1. The molecule has 4 fully saturated rings. The molecule has 45 heavy (non-hydrogen) atoms. The third-order valence-corrected chi connectivity index (χ3v) is 10.3. The molecule has 242 valence electrons. The van der Waals surface area contributed by atoms with Gasteiger partial charge in [-0.1, -0.05) is 23.4 Å². The van der Waals surface area contributed by atoms with Gasteiger partial charge in [0, 0.05) is 50.6 Å². The number of carbonyl (C=O) groups excluding carboxylic acids is 1. The number of hydrogen-bond acceptors (Lipinski definition) is 7. The Morgan fingerprint density at radius 1 is 1.11 bits per heavy atom. The number of carbonyl (C=O) groups is 1. The van der Waals surface area contributed by atoms with E-state index in [4.69, 9.17) is 14.3 Å². The van der Waals surface area contributed by atoms with Crippen molar-refractivity contribution >= 4 is 11.8 Å². The Labute approximate surface area is 262 Å². The van der Waals surface area contributed by atoms with Crippen LogP contribution in [0.3, 0.4) is 0 Å². The van der Waals surface area contributed by atoms with E-state index in [1.54, 1.807) is 12.1 Å². The Kier molecular flexibility index (Phi) is 7.77. The van der Waals surface area contributed by atoms with Crippen molar-refractivity contribution < 1.29 is 32.3 Å². The van der Waals surface area contributed by atoms with Crippen molar-refractivity contribution in [1.82, 2.24) is 9.80 Å². The summed E-state index contributed by atoms with van der Waals surface area (Å²) in [6.45, 7) is 8.16. The average molecular weight is 626 g/mol. The van der Waals surface area contributed by atoms with Gasteiger partial charge in [-0.3, -0.25) is 9.69 Å². The molecule has 2 aliphatic carbocycles. The summed E-state index contributed by atoms with van der Waals surface area (Å²) >= 11 is 0. The molecule has 0 aromatic heterocycles. The van der Waals surface area contributed by atoms with E-state index in [1.807, 2.05) is 19.9 Å². The highest BCUT2D eigenvalue weighted by Gasteiger charge is 2.56. The van der Waals surface area contributed by atoms with Crippen molar-refractivity contribution in [2.24, 2.45) is 16.5 Å². The minimum atomic E-state index is -2.57. The molecular weight excluding hydrogens is 583 g/mol. The third kappa shape index (κ3) is 6.27. The van der Waals surface area contributed by atoms with Crippen LogP contribution in [0.5, 0.6) is 5.75 Å². The van der Waals surface area contributed by atoms with Crippen LogP contribution in [-0.4, -0.2) is 72.5 Å². The lowest BCUT2D eigenvalue weighted by atomic mass is 9.80. The number of alkyl halides is 2. The Balaban J connectivity index is 1.01. The summed E-state index contributed by atoms with van der Waals surface area (Å²) in [5.41, 5.74) is 3.33. The van der Waals surface area contributed by atoms with Crippen molar-refractivity contribution in [3.8, 4) is 16.9 Å². The summed E-state index contributed by atoms with van der Waals surface area (Å²) in [6.07, 6.45) is 4.62. The average Bonchev–Trinajstić information content (AvgIpc) is 3.90. The summed E-state index contributed by atoms with van der Waals surface area (Å²) in [6, 6.07) is 10.7. The van der Waals surface area contributed by atoms with E-state index in [2.05, 4.69) is 21.0 Å². The Morgan fingerprint density at radius 2 is 1.82 bits per heavy atom. The van der Waals surface area contributed by atoms with Crippen molar-refractivity contribution in [3.05, 3.63) is 53.3 Å². The normalized spacial score (nSPS) is 24.5. The highest BCUT2D eigenvalue weighted by atomic mass is 19.3. The van der Waals surface area contributed by atoms with Crippen molar-refractivity contribution in [3.63, 3.8) is 0 Å². The highest BCUT2D eigenvalue weighted by molar-refractivity contribution is 5.85. The van der Waals surface area contributed by atoms with Gasteiger partial charge in [0.05, 0.1) is 25.0 Å². The number of piperidine rings is 1. The fourth-order valence-electron chi connectivity index (χ4n) is 7.19. The number of likely N-dealkylation sites (tertiary alicyclic amines) is 2. The molecule has 2 saturated carbocycles. The highest BCUT2D eigenvalue weighted by Crippen LogP contribution is 2.51. The number of rotatable bonds is 10. The van der Waals surface area contributed by atoms with E-state index >= 15 is 0 Å². The molecular formula is C35H42F3N3O4. The van der Waals surface area contributed by atoms with Crippen molar-refractivity contribution in [2.75, 3.05) is 39.4 Å². The van der Waals surface area contributed by atoms with Crippen LogP contribution in [0.4, 0.5) is 13.2 Å². The summed E-state index contributed by atoms with van der Waals surface area (Å²) in [7, 11) is 0. The molecule has 0 radical (unpaired) electrons. The lowest BCUT2D eigenvalue weighted by molar-refractivity contribution is -0.156. The topological polar surface area (TPSA) is 63.6 Å². The molecule has 5 aliphatic rings. The lowest BCUT2D eigenvalue weighted by Gasteiger charge is -2.46. The summed E-state index contributed by atoms with van der Waals surface area (Å²) in [4.78, 5) is 23.0. The van der Waals surface area contributed by atoms with E-state index in [0.29, 0.717) is 31.2 Å². The molecule has 2 saturated heterocycles. The van der Waals surface area contributed by atoms with Gasteiger partial charge in [0.25, 0.3) is 5.92 Å². The third-order valence-electron chi connectivity index (χ3n) is 10.3. The summed E-state index contributed by atoms with van der Waals surface area (Å²) < 4.78 is 52.4. The summed E-state index contributed by atoms with van der Waals surface area (Å²) in [5, 5.41) is 4.48. The molecule has 0 amide bonds. The molecule has 2 aromatic carbocycles. The van der Waals surface area contributed by atoms with E-state index < -0.39 is 17.3 Å². The quantitative estimate of drug-likeness (QED) is 0.273. The van der Waals surface area contributed by atoms with Gasteiger partial charge >= 0.3 is 5.97 Å². The largest absolute Gasteiger partial charge is 0.493 e. The first kappa shape index (κ1) is 30.4. The van der Waals surface area contributed by atoms with E-state index in [0.717, 1.165) is 80.8 Å². The van der Waals surface area contributed by atoms with Gasteiger partial charge < -0.3 is 19.2 Å². The Hall–Kier alpha value is -3.27. The second-order valence-corrected chi connectivity index (χ2v) is 14.0. The van der Waals surface area contributed by atoms with Crippen LogP contribution in [-0.2, 0) is 20.9 Å². The predicted molar refractivity (Wildman–Crippen MR) is 164 cm³/mol. The Morgan fingerprint density at radius 3 is 2.47 bits per heavy atom. The molecule has 0 N–H and O–H groups in total. The van der Waals surface area contributed by atoms with Crippen LogP contribution in [0.2, 0.25) is 0 Å². The molecule has 2 aromatic rings. The number of halogens is 3. The SMILES string of the molecule is CCOC(=O)C1(C)CCN(C2=NOC3(C2)CN(Cc2cc(OCCC4CC4(F)F)c(-c4ccc(F)cc4)c(C4CC4)c2)C3)CC1. The maximum Gasteiger partial charge on any atom is 0.311 e. The Bertz CT molecular complexity index is 1460. The van der Waals surface area contributed by atoms with Gasteiger partial charge in [0.2, 0.25) is 0 Å². The monoisotopic (exact) mass is 625 g/mol. The number of ether oxygens (including phenoxy) is 2. The van der Waals surface area contributed by atoms with Gasteiger partial charge in [0.1, 0.15) is 17.4 Å². The fourth-order valence-corrected chi connectivity index (χ4v) is 7.19. The van der Waals surface area contributed by atoms with Crippen LogP contribution in [0.25, 0.3) is 11.1 Å². The molecule has 1 spiro atoms. The number of hydrogen-bond donors (Lipinski definition) is 0. The van der Waals surface area contributed by atoms with Crippen LogP contribution in [0.15, 0.2) is 41.6 Å².